The first kappa shape index (κ1) is 15.5. The lowest BCUT2D eigenvalue weighted by atomic mass is 9.91. The van der Waals surface area contributed by atoms with Crippen LogP contribution in [0.4, 0.5) is 0 Å². The van der Waals surface area contributed by atoms with Crippen molar-refractivity contribution in [3.63, 3.8) is 0 Å². The van der Waals surface area contributed by atoms with Gasteiger partial charge in [0.05, 0.1) is 0 Å². The zero-order chi connectivity index (χ0) is 14.1. The molecule has 0 unspecified atom stereocenters. The fourth-order valence-electron chi connectivity index (χ4n) is 1.96. The normalized spacial score (nSPS) is 20.4. The molecule has 0 nitrogen and oxygen atoms in total. The van der Waals surface area contributed by atoms with Crippen LogP contribution in [0, 0.1) is 5.41 Å². The van der Waals surface area contributed by atoms with Crippen molar-refractivity contribution in [3.05, 3.63) is 71.9 Å². The second-order valence-electron chi connectivity index (χ2n) is 5.68. The Morgan fingerprint density at radius 1 is 0.789 bits per heavy atom. The van der Waals surface area contributed by atoms with Crippen LogP contribution in [0.25, 0.3) is 0 Å². The largest absolute Gasteiger partial charge is 0.0842 e. The predicted molar refractivity (Wildman–Crippen MR) is 87.1 cm³/mol. The van der Waals surface area contributed by atoms with Gasteiger partial charge in [0.1, 0.15) is 0 Å². The van der Waals surface area contributed by atoms with Crippen molar-refractivity contribution in [1.29, 1.82) is 0 Å². The van der Waals surface area contributed by atoms with Crippen LogP contribution in [0.15, 0.2) is 71.9 Å². The summed E-state index contributed by atoms with van der Waals surface area (Å²) in [5, 5.41) is 0. The van der Waals surface area contributed by atoms with Gasteiger partial charge in [0, 0.05) is 5.41 Å². The highest BCUT2D eigenvalue weighted by Gasteiger charge is 2.11. The van der Waals surface area contributed by atoms with E-state index in [9.17, 15) is 0 Å². The molecule has 0 fully saturated rings. The third-order valence-electron chi connectivity index (χ3n) is 3.19. The highest BCUT2D eigenvalue weighted by Crippen LogP contribution is 2.26. The van der Waals surface area contributed by atoms with Crippen LogP contribution in [0.2, 0.25) is 0 Å². The second-order valence-corrected chi connectivity index (χ2v) is 5.68. The Balaban J connectivity index is 0.000000200. The molecule has 2 aliphatic carbocycles. The summed E-state index contributed by atoms with van der Waals surface area (Å²) >= 11 is 0. The molecule has 102 valence electrons. The summed E-state index contributed by atoms with van der Waals surface area (Å²) in [6.07, 6.45) is 23.8. The van der Waals surface area contributed by atoms with Crippen molar-refractivity contribution in [3.8, 4) is 0 Å². The van der Waals surface area contributed by atoms with E-state index in [-0.39, 0.29) is 5.41 Å². The van der Waals surface area contributed by atoms with Gasteiger partial charge in [-0.1, -0.05) is 80.2 Å². The molecule has 0 atom stereocenters. The predicted octanol–water partition coefficient (Wildman–Crippen LogP) is 5.92. The van der Waals surface area contributed by atoms with E-state index in [1.54, 1.807) is 0 Å². The van der Waals surface area contributed by atoms with Crippen LogP contribution in [-0.4, -0.2) is 0 Å². The summed E-state index contributed by atoms with van der Waals surface area (Å²) in [6.45, 7) is 8.76. The van der Waals surface area contributed by atoms with Crippen molar-refractivity contribution in [2.24, 2.45) is 5.41 Å². The van der Waals surface area contributed by atoms with E-state index in [1.165, 1.54) is 24.0 Å². The first-order chi connectivity index (χ1) is 9.01. The van der Waals surface area contributed by atoms with E-state index >= 15 is 0 Å². The van der Waals surface area contributed by atoms with Gasteiger partial charge in [-0.25, -0.2) is 0 Å². The van der Waals surface area contributed by atoms with Gasteiger partial charge in [0.25, 0.3) is 0 Å². The number of rotatable bonds is 0. The monoisotopic (exact) mass is 254 g/mol. The SMILES string of the molecule is C1=CC=CCCC=C1.CC1=CC=CC(C)(C)C=C1C. The highest BCUT2D eigenvalue weighted by atomic mass is 14.2. The molecule has 0 bridgehead atoms. The lowest BCUT2D eigenvalue weighted by molar-refractivity contribution is 0.623. The van der Waals surface area contributed by atoms with Gasteiger partial charge in [-0.3, -0.25) is 0 Å². The van der Waals surface area contributed by atoms with Crippen molar-refractivity contribution in [2.45, 2.75) is 40.5 Å². The van der Waals surface area contributed by atoms with Gasteiger partial charge in [0.15, 0.2) is 0 Å². The van der Waals surface area contributed by atoms with Crippen LogP contribution >= 0.6 is 0 Å². The molecule has 0 aromatic rings. The third kappa shape index (κ3) is 6.81. The lowest BCUT2D eigenvalue weighted by Gasteiger charge is -2.14. The number of hydrogen-bond acceptors (Lipinski definition) is 0. The molecule has 0 heterocycles. The summed E-state index contributed by atoms with van der Waals surface area (Å²) in [5.74, 6) is 0. The standard InChI is InChI=1S/C11H16.C8H10/c1-9-6-5-7-11(3,4)8-10(9)2;1-2-4-6-8-7-5-3-1/h5-8H,1-4H3;1-6H,7-8H2. The van der Waals surface area contributed by atoms with Crippen LogP contribution in [-0.2, 0) is 0 Å². The maximum Gasteiger partial charge on any atom is 0.00133 e. The molecule has 0 spiro atoms. The van der Waals surface area contributed by atoms with Crippen LogP contribution in [0.3, 0.4) is 0 Å². The molecule has 0 aromatic heterocycles. The minimum atomic E-state index is 0.221. The van der Waals surface area contributed by atoms with E-state index in [0.29, 0.717) is 0 Å². The molecule has 0 amide bonds. The fraction of sp³-hybridized carbons (Fsp3) is 0.368. The van der Waals surface area contributed by atoms with Crippen molar-refractivity contribution in [2.75, 3.05) is 0 Å². The van der Waals surface area contributed by atoms with Gasteiger partial charge in [0.2, 0.25) is 0 Å². The zero-order valence-corrected chi connectivity index (χ0v) is 12.7. The first-order valence-corrected chi connectivity index (χ1v) is 7.05. The number of allylic oxidation sites excluding steroid dienone is 12. The minimum Gasteiger partial charge on any atom is -0.0842 e. The zero-order valence-electron chi connectivity index (χ0n) is 12.7. The van der Waals surface area contributed by atoms with E-state index in [2.05, 4.69) is 88.5 Å². The number of hydrogen-bond donors (Lipinski definition) is 0. The molecule has 0 N–H and O–H groups in total. The van der Waals surface area contributed by atoms with E-state index < -0.39 is 0 Å². The molecule has 0 radical (unpaired) electrons. The summed E-state index contributed by atoms with van der Waals surface area (Å²) in [5.41, 5.74) is 2.98. The molecule has 0 aliphatic heterocycles. The van der Waals surface area contributed by atoms with E-state index in [1.807, 2.05) is 0 Å². The first-order valence-electron chi connectivity index (χ1n) is 7.05. The van der Waals surface area contributed by atoms with Gasteiger partial charge >= 0.3 is 0 Å². The average molecular weight is 254 g/mol. The topological polar surface area (TPSA) is 0 Å². The minimum absolute atomic E-state index is 0.221. The Labute approximate surface area is 118 Å². The summed E-state index contributed by atoms with van der Waals surface area (Å²) in [7, 11) is 0. The lowest BCUT2D eigenvalue weighted by Crippen LogP contribution is -2.02. The van der Waals surface area contributed by atoms with Gasteiger partial charge in [-0.05, 0) is 32.3 Å². The maximum atomic E-state index is 2.31. The molecular weight excluding hydrogens is 228 g/mol. The quantitative estimate of drug-likeness (QED) is 0.503. The van der Waals surface area contributed by atoms with Crippen molar-refractivity contribution in [1.82, 2.24) is 0 Å². The van der Waals surface area contributed by atoms with Gasteiger partial charge in [-0.15, -0.1) is 0 Å². The molecule has 0 aromatic carbocycles. The van der Waals surface area contributed by atoms with E-state index in [4.69, 9.17) is 0 Å². The smallest absolute Gasteiger partial charge is 0.00133 e. The summed E-state index contributed by atoms with van der Waals surface area (Å²) in [6, 6.07) is 0. The molecule has 2 aliphatic rings. The molecular formula is C19H26. The van der Waals surface area contributed by atoms with Crippen LogP contribution in [0.1, 0.15) is 40.5 Å². The summed E-state index contributed by atoms with van der Waals surface area (Å²) in [4.78, 5) is 0. The van der Waals surface area contributed by atoms with E-state index in [0.717, 1.165) is 0 Å². The molecule has 0 heteroatoms. The Morgan fingerprint density at radius 2 is 1.37 bits per heavy atom. The fourth-order valence-corrected chi connectivity index (χ4v) is 1.96. The second kappa shape index (κ2) is 7.78. The third-order valence-corrected chi connectivity index (χ3v) is 3.19. The molecule has 2 rings (SSSR count). The Kier molecular flexibility index (Phi) is 6.35. The maximum absolute atomic E-state index is 2.31. The molecule has 19 heavy (non-hydrogen) atoms. The van der Waals surface area contributed by atoms with Gasteiger partial charge in [-0.2, -0.15) is 0 Å². The van der Waals surface area contributed by atoms with Crippen LogP contribution in [0.5, 0.6) is 0 Å². The average Bonchev–Trinajstić information content (AvgIpc) is 2.37. The van der Waals surface area contributed by atoms with Gasteiger partial charge < -0.3 is 0 Å². The molecule has 0 saturated heterocycles. The Hall–Kier alpha value is -1.56. The van der Waals surface area contributed by atoms with Crippen LogP contribution < -0.4 is 0 Å². The van der Waals surface area contributed by atoms with Crippen molar-refractivity contribution < 1.29 is 0 Å². The van der Waals surface area contributed by atoms with Crippen molar-refractivity contribution >= 4 is 0 Å². The Bertz CT molecular complexity index is 432. The highest BCUT2D eigenvalue weighted by molar-refractivity contribution is 5.36. The molecule has 0 saturated carbocycles. The summed E-state index contributed by atoms with van der Waals surface area (Å²) < 4.78 is 0. The Morgan fingerprint density at radius 3 is 1.95 bits per heavy atom.